The molecule has 3 N–H and O–H groups in total. The van der Waals surface area contributed by atoms with Crippen LogP contribution >= 0.6 is 15.9 Å². The molecule has 1 aromatic carbocycles. The average molecular weight is 308 g/mol. The lowest BCUT2D eigenvalue weighted by molar-refractivity contribution is -0.118. The molecule has 92 valence electrons. The number of nitrogens with two attached hydrogens (primary N) is 1. The van der Waals surface area contributed by atoms with Gasteiger partial charge in [-0.1, -0.05) is 34.1 Å². The van der Waals surface area contributed by atoms with Crippen molar-refractivity contribution in [2.75, 3.05) is 0 Å². The van der Waals surface area contributed by atoms with Gasteiger partial charge in [0.05, 0.1) is 5.69 Å². The molecule has 0 aliphatic rings. The predicted molar refractivity (Wildman–Crippen MR) is 70.0 cm³/mol. The summed E-state index contributed by atoms with van der Waals surface area (Å²) in [6, 6.07) is 10.1. The van der Waals surface area contributed by atoms with Gasteiger partial charge in [-0.05, 0) is 17.7 Å². The summed E-state index contributed by atoms with van der Waals surface area (Å²) in [5.41, 5.74) is 6.21. The summed E-state index contributed by atoms with van der Waals surface area (Å²) in [7, 11) is 0. The van der Waals surface area contributed by atoms with Crippen molar-refractivity contribution in [3.05, 3.63) is 62.5 Å². The number of hydrogen-bond acceptors (Lipinski definition) is 3. The monoisotopic (exact) mass is 307 g/mol. The third-order valence-corrected chi connectivity index (χ3v) is 3.22. The largest absolute Gasteiger partial charge is 0.369 e. The number of primary amides is 1. The molecule has 0 unspecified atom stereocenters. The molecule has 1 amide bonds. The van der Waals surface area contributed by atoms with E-state index in [0.717, 1.165) is 4.47 Å². The first-order valence-electron chi connectivity index (χ1n) is 5.19. The van der Waals surface area contributed by atoms with Crippen molar-refractivity contribution >= 4 is 21.8 Å². The van der Waals surface area contributed by atoms with Crippen LogP contribution in [0.15, 0.2) is 45.7 Å². The van der Waals surface area contributed by atoms with Gasteiger partial charge in [0.15, 0.2) is 0 Å². The normalized spacial score (nSPS) is 12.1. The Labute approximate surface area is 111 Å². The number of halogens is 1. The van der Waals surface area contributed by atoms with E-state index in [2.05, 4.69) is 26.1 Å². The molecule has 1 aromatic heterocycles. The molecule has 1 heterocycles. The summed E-state index contributed by atoms with van der Waals surface area (Å²) in [5, 5.41) is 6.15. The highest BCUT2D eigenvalue weighted by atomic mass is 79.9. The molecule has 2 aromatic rings. The minimum atomic E-state index is -0.697. The molecular weight excluding hydrogens is 298 g/mol. The first kappa shape index (κ1) is 12.5. The standard InChI is InChI=1S/C12H10BrN3O2/c13-8-4-2-1-3-7(8)11(12(14)18)9-5-6-10(17)16-15-9/h1-6,11H,(H2,14,18)(H,16,17)/t11-/m1/s1. The van der Waals surface area contributed by atoms with Crippen molar-refractivity contribution in [2.45, 2.75) is 5.92 Å². The fraction of sp³-hybridized carbons (Fsp3) is 0.0833. The summed E-state index contributed by atoms with van der Waals surface area (Å²) in [4.78, 5) is 22.6. The van der Waals surface area contributed by atoms with Gasteiger partial charge in [-0.3, -0.25) is 9.59 Å². The van der Waals surface area contributed by atoms with Crippen LogP contribution in [-0.4, -0.2) is 16.1 Å². The Morgan fingerprint density at radius 3 is 2.56 bits per heavy atom. The molecular formula is C12H10BrN3O2. The number of rotatable bonds is 3. The van der Waals surface area contributed by atoms with Crippen LogP contribution in [0, 0.1) is 0 Å². The van der Waals surface area contributed by atoms with Crippen LogP contribution < -0.4 is 11.3 Å². The Hall–Kier alpha value is -1.95. The van der Waals surface area contributed by atoms with Crippen LogP contribution in [0.25, 0.3) is 0 Å². The number of aromatic amines is 1. The van der Waals surface area contributed by atoms with E-state index < -0.39 is 11.8 Å². The van der Waals surface area contributed by atoms with Crippen LogP contribution in [-0.2, 0) is 4.79 Å². The minimum absolute atomic E-state index is 0.325. The highest BCUT2D eigenvalue weighted by molar-refractivity contribution is 9.10. The number of carbonyl (C=O) groups excluding carboxylic acids is 1. The molecule has 0 saturated carbocycles. The zero-order valence-corrected chi connectivity index (χ0v) is 10.8. The van der Waals surface area contributed by atoms with Gasteiger partial charge in [-0.15, -0.1) is 0 Å². The first-order chi connectivity index (χ1) is 8.59. The predicted octanol–water partition coefficient (Wildman–Crippen LogP) is 1.15. The van der Waals surface area contributed by atoms with E-state index in [0.29, 0.717) is 11.3 Å². The lowest BCUT2D eigenvalue weighted by Crippen LogP contribution is -2.25. The molecule has 0 radical (unpaired) electrons. The van der Waals surface area contributed by atoms with Crippen molar-refractivity contribution < 1.29 is 4.79 Å². The summed E-state index contributed by atoms with van der Waals surface area (Å²) in [6.07, 6.45) is 0. The molecule has 5 nitrogen and oxygen atoms in total. The quantitative estimate of drug-likeness (QED) is 0.891. The van der Waals surface area contributed by atoms with Gasteiger partial charge in [-0.25, -0.2) is 5.10 Å². The summed E-state index contributed by atoms with van der Waals surface area (Å²) in [5.74, 6) is -1.22. The topological polar surface area (TPSA) is 88.8 Å². The van der Waals surface area contributed by atoms with Crippen LogP contribution in [0.4, 0.5) is 0 Å². The van der Waals surface area contributed by atoms with E-state index >= 15 is 0 Å². The van der Waals surface area contributed by atoms with Crippen molar-refractivity contribution in [3.8, 4) is 0 Å². The second kappa shape index (κ2) is 5.14. The van der Waals surface area contributed by atoms with Crippen LogP contribution in [0.3, 0.4) is 0 Å². The maximum absolute atomic E-state index is 11.6. The summed E-state index contributed by atoms with van der Waals surface area (Å²) in [6.45, 7) is 0. The average Bonchev–Trinajstić information content (AvgIpc) is 2.34. The molecule has 0 fully saturated rings. The highest BCUT2D eigenvalue weighted by Crippen LogP contribution is 2.28. The molecule has 0 bridgehead atoms. The molecule has 0 aliphatic heterocycles. The Balaban J connectivity index is 2.53. The van der Waals surface area contributed by atoms with Gasteiger partial charge in [0.2, 0.25) is 5.91 Å². The van der Waals surface area contributed by atoms with E-state index in [4.69, 9.17) is 5.73 Å². The summed E-state index contributed by atoms with van der Waals surface area (Å²) >= 11 is 3.37. The SMILES string of the molecule is NC(=O)[C@@H](c1ccc(=O)[nH]n1)c1ccccc1Br. The Morgan fingerprint density at radius 2 is 2.00 bits per heavy atom. The number of benzene rings is 1. The Bertz CT molecular complexity index is 619. The fourth-order valence-corrected chi connectivity index (χ4v) is 2.20. The van der Waals surface area contributed by atoms with Crippen LogP contribution in [0.5, 0.6) is 0 Å². The Morgan fingerprint density at radius 1 is 1.28 bits per heavy atom. The maximum Gasteiger partial charge on any atom is 0.264 e. The zero-order valence-electron chi connectivity index (χ0n) is 9.26. The van der Waals surface area contributed by atoms with E-state index in [9.17, 15) is 9.59 Å². The molecule has 2 rings (SSSR count). The van der Waals surface area contributed by atoms with E-state index in [1.807, 2.05) is 18.2 Å². The number of hydrogen-bond donors (Lipinski definition) is 2. The molecule has 6 heteroatoms. The molecule has 1 atom stereocenters. The van der Waals surface area contributed by atoms with E-state index in [1.165, 1.54) is 12.1 Å². The number of aromatic nitrogens is 2. The number of amides is 1. The fourth-order valence-electron chi connectivity index (χ4n) is 1.68. The third kappa shape index (κ3) is 2.48. The van der Waals surface area contributed by atoms with Gasteiger partial charge < -0.3 is 5.73 Å². The molecule has 0 aliphatic carbocycles. The summed E-state index contributed by atoms with van der Waals surface area (Å²) < 4.78 is 0.766. The number of carbonyl (C=O) groups is 1. The van der Waals surface area contributed by atoms with E-state index in [-0.39, 0.29) is 5.56 Å². The molecule has 0 saturated heterocycles. The first-order valence-corrected chi connectivity index (χ1v) is 5.98. The lowest BCUT2D eigenvalue weighted by atomic mass is 9.95. The van der Waals surface area contributed by atoms with Gasteiger partial charge >= 0.3 is 0 Å². The van der Waals surface area contributed by atoms with Crippen LogP contribution in [0.1, 0.15) is 17.2 Å². The third-order valence-electron chi connectivity index (χ3n) is 2.50. The number of nitrogens with one attached hydrogen (secondary N) is 1. The van der Waals surface area contributed by atoms with Crippen molar-refractivity contribution in [1.29, 1.82) is 0 Å². The zero-order chi connectivity index (χ0) is 13.1. The minimum Gasteiger partial charge on any atom is -0.369 e. The van der Waals surface area contributed by atoms with E-state index in [1.54, 1.807) is 6.07 Å². The smallest absolute Gasteiger partial charge is 0.264 e. The number of nitrogens with zero attached hydrogens (tertiary/aromatic N) is 1. The molecule has 0 spiro atoms. The van der Waals surface area contributed by atoms with Crippen molar-refractivity contribution in [2.24, 2.45) is 5.73 Å². The maximum atomic E-state index is 11.6. The van der Waals surface area contributed by atoms with Gasteiger partial charge in [-0.2, -0.15) is 5.10 Å². The van der Waals surface area contributed by atoms with Gasteiger partial charge in [0, 0.05) is 10.5 Å². The second-order valence-electron chi connectivity index (χ2n) is 3.70. The second-order valence-corrected chi connectivity index (χ2v) is 4.56. The highest BCUT2D eigenvalue weighted by Gasteiger charge is 2.23. The van der Waals surface area contributed by atoms with Gasteiger partial charge in [0.1, 0.15) is 5.92 Å². The van der Waals surface area contributed by atoms with Crippen molar-refractivity contribution in [3.63, 3.8) is 0 Å². The molecule has 18 heavy (non-hydrogen) atoms. The van der Waals surface area contributed by atoms with Crippen LogP contribution in [0.2, 0.25) is 0 Å². The lowest BCUT2D eigenvalue weighted by Gasteiger charge is -2.14. The Kier molecular flexibility index (Phi) is 3.57. The van der Waals surface area contributed by atoms with Gasteiger partial charge in [0.25, 0.3) is 5.56 Å². The number of H-pyrrole nitrogens is 1. The van der Waals surface area contributed by atoms with Crippen molar-refractivity contribution in [1.82, 2.24) is 10.2 Å².